The third-order valence-corrected chi connectivity index (χ3v) is 9.69. The van der Waals surface area contributed by atoms with Crippen molar-refractivity contribution < 1.29 is 19.1 Å². The van der Waals surface area contributed by atoms with E-state index >= 15 is 0 Å². The molecule has 0 aliphatic rings. The van der Waals surface area contributed by atoms with Gasteiger partial charge in [0.15, 0.2) is 8.32 Å². The van der Waals surface area contributed by atoms with Gasteiger partial charge in [0.1, 0.15) is 11.3 Å². The minimum absolute atomic E-state index is 0.00561. The zero-order chi connectivity index (χ0) is 20.0. The average molecular weight is 379 g/mol. The lowest BCUT2D eigenvalue weighted by molar-refractivity contribution is 0.0386. The number of rotatable bonds is 9. The molecular formula is C21H34O4Si. The molecule has 0 amide bonds. The molecule has 0 saturated carbocycles. The number of ether oxygens (including phenoxy) is 1. The molecule has 0 unspecified atom stereocenters. The molecule has 5 heteroatoms. The molecule has 1 rings (SSSR count). The maximum Gasteiger partial charge on any atom is 0.341 e. The van der Waals surface area contributed by atoms with E-state index in [0.29, 0.717) is 12.3 Å². The van der Waals surface area contributed by atoms with Crippen LogP contribution in [0.4, 0.5) is 0 Å². The Labute approximate surface area is 159 Å². The number of phenols is 1. The SMILES string of the molecule is C=CC[C@@H](C)[C@H](CCOC(=O)c1ccccc1O)O[Si](C)(C)C(C)(C)C. The molecule has 0 aromatic heterocycles. The Morgan fingerprint density at radius 3 is 2.46 bits per heavy atom. The average Bonchev–Trinajstić information content (AvgIpc) is 2.53. The first-order chi connectivity index (χ1) is 12.0. The summed E-state index contributed by atoms with van der Waals surface area (Å²) in [6.07, 6.45) is 3.39. The van der Waals surface area contributed by atoms with E-state index in [0.717, 1.165) is 6.42 Å². The largest absolute Gasteiger partial charge is 0.507 e. The topological polar surface area (TPSA) is 55.8 Å². The van der Waals surface area contributed by atoms with Crippen molar-refractivity contribution in [2.24, 2.45) is 5.92 Å². The molecule has 0 bridgehead atoms. The van der Waals surface area contributed by atoms with Gasteiger partial charge in [0.05, 0.1) is 12.7 Å². The monoisotopic (exact) mass is 378 g/mol. The van der Waals surface area contributed by atoms with E-state index in [1.54, 1.807) is 18.2 Å². The first kappa shape index (κ1) is 22.4. The van der Waals surface area contributed by atoms with Crippen LogP contribution < -0.4 is 0 Å². The van der Waals surface area contributed by atoms with Gasteiger partial charge in [-0.15, -0.1) is 6.58 Å². The second kappa shape index (κ2) is 9.37. The van der Waals surface area contributed by atoms with Gasteiger partial charge in [-0.2, -0.15) is 0 Å². The highest BCUT2D eigenvalue weighted by Crippen LogP contribution is 2.38. The first-order valence-corrected chi connectivity index (χ1v) is 12.1. The van der Waals surface area contributed by atoms with Crippen LogP contribution >= 0.6 is 0 Å². The van der Waals surface area contributed by atoms with Crippen molar-refractivity contribution in [1.82, 2.24) is 0 Å². The number of esters is 1. The van der Waals surface area contributed by atoms with E-state index in [9.17, 15) is 9.90 Å². The van der Waals surface area contributed by atoms with Gasteiger partial charge in [0, 0.05) is 6.42 Å². The van der Waals surface area contributed by atoms with E-state index in [2.05, 4.69) is 47.4 Å². The molecule has 2 atom stereocenters. The molecule has 146 valence electrons. The van der Waals surface area contributed by atoms with Crippen molar-refractivity contribution in [2.75, 3.05) is 6.61 Å². The summed E-state index contributed by atoms with van der Waals surface area (Å²) in [6, 6.07) is 6.41. The van der Waals surface area contributed by atoms with E-state index in [-0.39, 0.29) is 29.1 Å². The van der Waals surface area contributed by atoms with Gasteiger partial charge in [-0.05, 0) is 42.6 Å². The third-order valence-electron chi connectivity index (χ3n) is 5.18. The lowest BCUT2D eigenvalue weighted by atomic mass is 9.99. The normalized spacial score (nSPS) is 14.5. The number of benzene rings is 1. The van der Waals surface area contributed by atoms with Crippen molar-refractivity contribution in [3.05, 3.63) is 42.5 Å². The summed E-state index contributed by atoms with van der Waals surface area (Å²) in [5, 5.41) is 9.88. The van der Waals surface area contributed by atoms with E-state index < -0.39 is 14.3 Å². The van der Waals surface area contributed by atoms with Gasteiger partial charge >= 0.3 is 5.97 Å². The van der Waals surface area contributed by atoms with Crippen LogP contribution in [0.25, 0.3) is 0 Å². The van der Waals surface area contributed by atoms with Crippen LogP contribution in [0.5, 0.6) is 5.75 Å². The first-order valence-electron chi connectivity index (χ1n) is 9.23. The quantitative estimate of drug-likeness (QED) is 0.348. The van der Waals surface area contributed by atoms with Crippen LogP contribution in [0.1, 0.15) is 50.9 Å². The van der Waals surface area contributed by atoms with Crippen LogP contribution in [0.3, 0.4) is 0 Å². The Kier molecular flexibility index (Phi) is 8.09. The molecule has 0 saturated heterocycles. The van der Waals surface area contributed by atoms with Gasteiger partial charge in [-0.1, -0.05) is 45.9 Å². The molecule has 4 nitrogen and oxygen atoms in total. The maximum absolute atomic E-state index is 12.2. The van der Waals surface area contributed by atoms with Crippen LogP contribution in [0, 0.1) is 5.92 Å². The Balaban J connectivity index is 2.73. The zero-order valence-corrected chi connectivity index (χ0v) is 18.0. The van der Waals surface area contributed by atoms with E-state index in [1.807, 2.05) is 6.08 Å². The number of allylic oxidation sites excluding steroid dienone is 1. The second-order valence-corrected chi connectivity index (χ2v) is 13.1. The Bertz CT molecular complexity index is 604. The van der Waals surface area contributed by atoms with Gasteiger partial charge in [0.2, 0.25) is 0 Å². The van der Waals surface area contributed by atoms with Crippen LogP contribution in [0.2, 0.25) is 18.1 Å². The lowest BCUT2D eigenvalue weighted by Gasteiger charge is -2.41. The van der Waals surface area contributed by atoms with Gasteiger partial charge < -0.3 is 14.3 Å². The Hall–Kier alpha value is -1.59. The molecule has 1 N–H and O–H groups in total. The minimum Gasteiger partial charge on any atom is -0.507 e. The highest BCUT2D eigenvalue weighted by molar-refractivity contribution is 6.74. The smallest absolute Gasteiger partial charge is 0.341 e. The van der Waals surface area contributed by atoms with Gasteiger partial charge in [-0.3, -0.25) is 0 Å². The minimum atomic E-state index is -1.92. The molecule has 0 radical (unpaired) electrons. The molecule has 0 fully saturated rings. The number of hydrogen-bond acceptors (Lipinski definition) is 4. The fourth-order valence-corrected chi connectivity index (χ4v) is 3.88. The molecule has 0 heterocycles. The summed E-state index contributed by atoms with van der Waals surface area (Å²) in [7, 11) is -1.92. The predicted molar refractivity (Wildman–Crippen MR) is 109 cm³/mol. The van der Waals surface area contributed by atoms with Crippen LogP contribution in [-0.2, 0) is 9.16 Å². The summed E-state index contributed by atoms with van der Waals surface area (Å²) >= 11 is 0. The van der Waals surface area contributed by atoms with Crippen molar-refractivity contribution >= 4 is 14.3 Å². The molecule has 1 aromatic carbocycles. The summed E-state index contributed by atoms with van der Waals surface area (Å²) < 4.78 is 12.0. The molecule has 0 aliphatic carbocycles. The molecule has 0 spiro atoms. The fourth-order valence-electron chi connectivity index (χ4n) is 2.42. The number of hydrogen-bond donors (Lipinski definition) is 1. The van der Waals surface area contributed by atoms with Crippen molar-refractivity contribution in [1.29, 1.82) is 0 Å². The summed E-state index contributed by atoms with van der Waals surface area (Å²) in [5.74, 6) is -0.275. The molecule has 1 aromatic rings. The molecular weight excluding hydrogens is 344 g/mol. The number of carbonyl (C=O) groups is 1. The molecule has 26 heavy (non-hydrogen) atoms. The zero-order valence-electron chi connectivity index (χ0n) is 17.0. The van der Waals surface area contributed by atoms with Gasteiger partial charge in [-0.25, -0.2) is 4.79 Å². The number of aromatic hydroxyl groups is 1. The predicted octanol–water partition coefficient (Wildman–Crippen LogP) is 5.54. The highest BCUT2D eigenvalue weighted by Gasteiger charge is 2.40. The summed E-state index contributed by atoms with van der Waals surface area (Å²) in [5.41, 5.74) is 0.188. The van der Waals surface area contributed by atoms with Crippen LogP contribution in [-0.4, -0.2) is 32.1 Å². The van der Waals surface area contributed by atoms with Crippen molar-refractivity contribution in [2.45, 2.75) is 64.8 Å². The van der Waals surface area contributed by atoms with Crippen molar-refractivity contribution in [3.63, 3.8) is 0 Å². The van der Waals surface area contributed by atoms with Gasteiger partial charge in [0.25, 0.3) is 0 Å². The standard InChI is InChI=1S/C21H34O4Si/c1-8-11-16(2)19(25-26(6,7)21(3,4)5)14-15-24-20(23)17-12-9-10-13-18(17)22/h8-10,12-13,16,19,22H,1,11,14-15H2,2-7H3/t16-,19+/m1/s1. The van der Waals surface area contributed by atoms with Crippen molar-refractivity contribution in [3.8, 4) is 5.75 Å². The lowest BCUT2D eigenvalue weighted by Crippen LogP contribution is -2.45. The van der Waals surface area contributed by atoms with E-state index in [1.165, 1.54) is 6.07 Å². The van der Waals surface area contributed by atoms with E-state index in [4.69, 9.17) is 9.16 Å². The third kappa shape index (κ3) is 6.29. The number of para-hydroxylation sites is 1. The molecule has 0 aliphatic heterocycles. The Morgan fingerprint density at radius 1 is 1.31 bits per heavy atom. The highest BCUT2D eigenvalue weighted by atomic mass is 28.4. The second-order valence-electron chi connectivity index (χ2n) is 8.36. The summed E-state index contributed by atoms with van der Waals surface area (Å²) in [4.78, 5) is 12.2. The maximum atomic E-state index is 12.2. The summed E-state index contributed by atoms with van der Waals surface area (Å²) in [6.45, 7) is 17.3. The number of phenolic OH excluding ortho intramolecular Hbond substituents is 1. The van der Waals surface area contributed by atoms with Crippen LogP contribution in [0.15, 0.2) is 36.9 Å². The Morgan fingerprint density at radius 2 is 1.92 bits per heavy atom. The number of carbonyl (C=O) groups excluding carboxylic acids is 1. The fraction of sp³-hybridized carbons (Fsp3) is 0.571.